The fourth-order valence-corrected chi connectivity index (χ4v) is 5.35. The van der Waals surface area contributed by atoms with Crippen LogP contribution < -0.4 is 10.1 Å². The van der Waals surface area contributed by atoms with E-state index in [-0.39, 0.29) is 11.7 Å². The highest BCUT2D eigenvalue weighted by Crippen LogP contribution is 2.49. The van der Waals surface area contributed by atoms with E-state index < -0.39 is 17.8 Å². The molecule has 0 spiro atoms. The molecule has 3 atom stereocenters. The van der Waals surface area contributed by atoms with Crippen molar-refractivity contribution in [3.63, 3.8) is 0 Å². The van der Waals surface area contributed by atoms with E-state index in [1.807, 2.05) is 72.8 Å². The Morgan fingerprint density at radius 2 is 1.61 bits per heavy atom. The number of carbonyl (C=O) groups excluding carboxylic acids is 2. The maximum absolute atomic E-state index is 13.7. The average Bonchev–Trinajstić information content (AvgIpc) is 2.92. The van der Waals surface area contributed by atoms with Gasteiger partial charge in [0.05, 0.1) is 7.11 Å². The molecule has 5 rings (SSSR count). The van der Waals surface area contributed by atoms with Crippen LogP contribution in [0.25, 0.3) is 0 Å². The summed E-state index contributed by atoms with van der Waals surface area (Å²) in [6, 6.07) is 27.6. The van der Waals surface area contributed by atoms with Crippen molar-refractivity contribution in [2.75, 3.05) is 7.11 Å². The predicted octanol–water partition coefficient (Wildman–Crippen LogP) is 5.66. The van der Waals surface area contributed by atoms with Crippen molar-refractivity contribution in [3.05, 3.63) is 125 Å². The molecular formula is C31H29NO4. The van der Waals surface area contributed by atoms with Crippen molar-refractivity contribution in [2.45, 2.75) is 31.3 Å². The molecule has 3 unspecified atom stereocenters. The van der Waals surface area contributed by atoms with Crippen LogP contribution in [0.2, 0.25) is 0 Å². The zero-order valence-electron chi connectivity index (χ0n) is 20.3. The summed E-state index contributed by atoms with van der Waals surface area (Å²) in [4.78, 5) is 26.8. The molecule has 3 aromatic rings. The van der Waals surface area contributed by atoms with Gasteiger partial charge in [-0.15, -0.1) is 0 Å². The van der Waals surface area contributed by atoms with Crippen LogP contribution in [0.3, 0.4) is 0 Å². The van der Waals surface area contributed by atoms with Gasteiger partial charge < -0.3 is 14.8 Å². The molecule has 5 heteroatoms. The summed E-state index contributed by atoms with van der Waals surface area (Å²) in [5.74, 6) is -0.982. The van der Waals surface area contributed by atoms with Crippen LogP contribution in [0.15, 0.2) is 108 Å². The highest BCUT2D eigenvalue weighted by molar-refractivity contribution is 6.01. The molecule has 0 saturated carbocycles. The third-order valence-electron chi connectivity index (χ3n) is 7.06. The summed E-state index contributed by atoms with van der Waals surface area (Å²) < 4.78 is 11.4. The largest absolute Gasteiger partial charge is 0.489 e. The fourth-order valence-electron chi connectivity index (χ4n) is 5.35. The molecule has 36 heavy (non-hydrogen) atoms. The van der Waals surface area contributed by atoms with E-state index in [0.717, 1.165) is 22.4 Å². The molecule has 0 saturated heterocycles. The third-order valence-corrected chi connectivity index (χ3v) is 7.06. The van der Waals surface area contributed by atoms with E-state index in [9.17, 15) is 9.59 Å². The first kappa shape index (κ1) is 23.6. The Labute approximate surface area is 211 Å². The summed E-state index contributed by atoms with van der Waals surface area (Å²) in [6.45, 7) is 4.56. The van der Waals surface area contributed by atoms with Crippen molar-refractivity contribution < 1.29 is 19.1 Å². The molecule has 1 aliphatic heterocycles. The number of rotatable bonds is 6. The lowest BCUT2D eigenvalue weighted by Gasteiger charge is -2.40. The van der Waals surface area contributed by atoms with Crippen molar-refractivity contribution in [1.29, 1.82) is 0 Å². The number of nitrogens with one attached hydrogen (secondary N) is 1. The van der Waals surface area contributed by atoms with Gasteiger partial charge in [-0.05, 0) is 29.5 Å². The summed E-state index contributed by atoms with van der Waals surface area (Å²) in [5.41, 5.74) is 4.93. The Morgan fingerprint density at radius 1 is 0.944 bits per heavy atom. The lowest BCUT2D eigenvalue weighted by Crippen LogP contribution is -2.42. The number of carbonyl (C=O) groups is 2. The van der Waals surface area contributed by atoms with E-state index in [4.69, 9.17) is 9.47 Å². The molecule has 2 aliphatic rings. The van der Waals surface area contributed by atoms with Crippen LogP contribution in [-0.4, -0.2) is 18.9 Å². The molecule has 1 aliphatic carbocycles. The van der Waals surface area contributed by atoms with Crippen LogP contribution in [0, 0.1) is 5.92 Å². The van der Waals surface area contributed by atoms with Crippen LogP contribution in [0.4, 0.5) is 0 Å². The SMILES string of the molecule is C=C1NC2=C(C(=O)CC(c3ccccc3)C2)C(c2ccccc2OCc2ccccc2)C1C(=O)OC. The van der Waals surface area contributed by atoms with Gasteiger partial charge in [-0.2, -0.15) is 0 Å². The van der Waals surface area contributed by atoms with Crippen LogP contribution in [0.5, 0.6) is 5.75 Å². The number of ether oxygens (including phenoxy) is 2. The van der Waals surface area contributed by atoms with Gasteiger partial charge in [0.25, 0.3) is 0 Å². The fraction of sp³-hybridized carbons (Fsp3) is 0.226. The molecule has 0 radical (unpaired) electrons. The van der Waals surface area contributed by atoms with Gasteiger partial charge in [-0.25, -0.2) is 0 Å². The summed E-state index contributed by atoms with van der Waals surface area (Å²) in [7, 11) is 1.36. The van der Waals surface area contributed by atoms with Gasteiger partial charge in [0.15, 0.2) is 5.78 Å². The maximum atomic E-state index is 13.7. The van der Waals surface area contributed by atoms with Crippen molar-refractivity contribution in [1.82, 2.24) is 5.32 Å². The van der Waals surface area contributed by atoms with E-state index in [1.54, 1.807) is 0 Å². The first-order valence-corrected chi connectivity index (χ1v) is 12.2. The normalized spacial score (nSPS) is 21.4. The molecule has 0 fully saturated rings. The minimum atomic E-state index is -0.743. The number of hydrogen-bond acceptors (Lipinski definition) is 5. The first-order valence-electron chi connectivity index (χ1n) is 12.2. The van der Waals surface area contributed by atoms with Gasteiger partial charge >= 0.3 is 5.97 Å². The number of methoxy groups -OCH3 is 1. The Hall–Kier alpha value is -4.12. The molecule has 1 heterocycles. The second-order valence-electron chi connectivity index (χ2n) is 9.27. The molecular weight excluding hydrogens is 450 g/mol. The molecule has 0 amide bonds. The highest BCUT2D eigenvalue weighted by Gasteiger charge is 2.46. The number of Topliss-reactive ketones (excluding diaryl/α,β-unsaturated/α-hetero) is 1. The molecule has 5 nitrogen and oxygen atoms in total. The van der Waals surface area contributed by atoms with Crippen LogP contribution >= 0.6 is 0 Å². The Bertz CT molecular complexity index is 1310. The highest BCUT2D eigenvalue weighted by atomic mass is 16.5. The number of benzene rings is 3. The van der Waals surface area contributed by atoms with Crippen molar-refractivity contribution >= 4 is 11.8 Å². The number of allylic oxidation sites excluding steroid dienone is 2. The zero-order chi connectivity index (χ0) is 25.1. The quantitative estimate of drug-likeness (QED) is 0.463. The summed E-state index contributed by atoms with van der Waals surface area (Å²) >= 11 is 0. The second-order valence-corrected chi connectivity index (χ2v) is 9.27. The van der Waals surface area contributed by atoms with E-state index in [1.165, 1.54) is 7.11 Å². The van der Waals surface area contributed by atoms with Gasteiger partial charge in [0, 0.05) is 34.9 Å². The predicted molar refractivity (Wildman–Crippen MR) is 138 cm³/mol. The lowest BCUT2D eigenvalue weighted by atomic mass is 9.69. The Morgan fingerprint density at radius 3 is 2.33 bits per heavy atom. The van der Waals surface area contributed by atoms with E-state index >= 15 is 0 Å². The third kappa shape index (κ3) is 4.57. The standard InChI is InChI=1S/C31H29NO4/c1-20-28(31(34)35-2)29(24-15-9-10-16-27(24)36-19-21-11-5-3-6-12-21)30-25(32-20)17-23(18-26(30)33)22-13-7-4-8-14-22/h3-16,23,28-29,32H,1,17-19H2,2H3. The van der Waals surface area contributed by atoms with E-state index in [0.29, 0.717) is 36.5 Å². The van der Waals surface area contributed by atoms with Crippen molar-refractivity contribution in [2.24, 2.45) is 5.92 Å². The maximum Gasteiger partial charge on any atom is 0.315 e. The minimum Gasteiger partial charge on any atom is -0.489 e. The number of para-hydroxylation sites is 1. The van der Waals surface area contributed by atoms with Gasteiger partial charge in [-0.1, -0.05) is 85.4 Å². The smallest absolute Gasteiger partial charge is 0.315 e. The summed E-state index contributed by atoms with van der Waals surface area (Å²) in [6.07, 6.45) is 1.05. The lowest BCUT2D eigenvalue weighted by molar-refractivity contribution is -0.144. The Balaban J connectivity index is 1.56. The van der Waals surface area contributed by atoms with Gasteiger partial charge in [0.1, 0.15) is 18.3 Å². The topological polar surface area (TPSA) is 64.6 Å². The van der Waals surface area contributed by atoms with Crippen LogP contribution in [0.1, 0.15) is 41.4 Å². The van der Waals surface area contributed by atoms with E-state index in [2.05, 4.69) is 24.0 Å². The average molecular weight is 480 g/mol. The molecule has 0 bridgehead atoms. The number of ketones is 1. The van der Waals surface area contributed by atoms with Crippen molar-refractivity contribution in [3.8, 4) is 5.75 Å². The first-order chi connectivity index (χ1) is 17.6. The number of hydrogen-bond donors (Lipinski definition) is 1. The summed E-state index contributed by atoms with van der Waals surface area (Å²) in [5, 5.41) is 3.31. The molecule has 1 N–H and O–H groups in total. The van der Waals surface area contributed by atoms with Gasteiger partial charge in [0.2, 0.25) is 0 Å². The Kier molecular flexibility index (Phi) is 6.72. The molecule has 3 aromatic carbocycles. The molecule has 182 valence electrons. The monoisotopic (exact) mass is 479 g/mol. The zero-order valence-corrected chi connectivity index (χ0v) is 20.3. The van der Waals surface area contributed by atoms with Gasteiger partial charge in [-0.3, -0.25) is 9.59 Å². The molecule has 0 aromatic heterocycles. The second kappa shape index (κ2) is 10.2. The minimum absolute atomic E-state index is 0.0295. The number of esters is 1. The van der Waals surface area contributed by atoms with Crippen LogP contribution in [-0.2, 0) is 20.9 Å².